The molecule has 1 fully saturated rings. The van der Waals surface area contributed by atoms with E-state index in [-0.39, 0.29) is 12.5 Å². The normalized spacial score (nSPS) is 19.5. The molecule has 1 amide bonds. The molecule has 0 aliphatic carbocycles. The van der Waals surface area contributed by atoms with Crippen molar-refractivity contribution in [1.82, 2.24) is 5.32 Å². The molecule has 4 rings (SSSR count). The lowest BCUT2D eigenvalue weighted by atomic mass is 9.76. The van der Waals surface area contributed by atoms with Crippen molar-refractivity contribution < 1.29 is 28.4 Å². The number of amides is 1. The molecule has 2 aliphatic heterocycles. The number of benzene rings is 2. The van der Waals surface area contributed by atoms with Gasteiger partial charge in [-0.15, -0.1) is 0 Å². The molecule has 1 saturated heterocycles. The lowest BCUT2D eigenvalue weighted by molar-refractivity contribution is -0.118. The summed E-state index contributed by atoms with van der Waals surface area (Å²) in [7, 11) is -0.658. The second kappa shape index (κ2) is 7.32. The van der Waals surface area contributed by atoms with Gasteiger partial charge in [-0.1, -0.05) is 24.3 Å². The van der Waals surface area contributed by atoms with Gasteiger partial charge in [-0.25, -0.2) is 9.59 Å². The summed E-state index contributed by atoms with van der Waals surface area (Å²) in [6.45, 7) is 9.52. The molecule has 160 valence electrons. The summed E-state index contributed by atoms with van der Waals surface area (Å²) < 4.78 is 17.2. The van der Waals surface area contributed by atoms with Crippen LogP contribution in [0, 0.1) is 0 Å². The van der Waals surface area contributed by atoms with Crippen LogP contribution in [0.3, 0.4) is 0 Å². The zero-order chi connectivity index (χ0) is 22.6. The Labute approximate surface area is 180 Å². The Balaban J connectivity index is 1.84. The zero-order valence-corrected chi connectivity index (χ0v) is 18.2. The van der Waals surface area contributed by atoms with Crippen LogP contribution in [0.1, 0.15) is 60.9 Å². The van der Waals surface area contributed by atoms with Crippen LogP contribution in [0.15, 0.2) is 35.8 Å². The molecule has 7 nitrogen and oxygen atoms in total. The van der Waals surface area contributed by atoms with E-state index in [2.05, 4.69) is 5.32 Å². The minimum absolute atomic E-state index is 0.173. The molecule has 2 aromatic rings. The standard InChI is InChI=1S/C23H24BNO6/c1-13(26)25-12-15(24-30-22(2,3)23(4,5)31-24)11-14-9-10-18-19-16(14)7-6-8-17(19)20(27)29-21(18)28/h6-11H,12H2,1-5H3,(H,25,26). The van der Waals surface area contributed by atoms with Gasteiger partial charge in [0, 0.05) is 18.9 Å². The first-order chi connectivity index (χ1) is 14.5. The molecule has 0 bridgehead atoms. The molecule has 8 heteroatoms. The second-order valence-electron chi connectivity index (χ2n) is 8.82. The summed E-state index contributed by atoms with van der Waals surface area (Å²) in [4.78, 5) is 36.0. The molecular formula is C23H24BNO6. The predicted molar refractivity (Wildman–Crippen MR) is 116 cm³/mol. The fourth-order valence-electron chi connectivity index (χ4n) is 3.71. The average Bonchev–Trinajstić information content (AvgIpc) is 2.90. The number of nitrogens with one attached hydrogen (secondary N) is 1. The van der Waals surface area contributed by atoms with E-state index in [4.69, 9.17) is 14.0 Å². The van der Waals surface area contributed by atoms with E-state index < -0.39 is 30.3 Å². The highest BCUT2D eigenvalue weighted by Crippen LogP contribution is 2.39. The van der Waals surface area contributed by atoms with Crippen LogP contribution in [-0.4, -0.2) is 42.7 Å². The molecule has 2 heterocycles. The van der Waals surface area contributed by atoms with Crippen molar-refractivity contribution in [2.45, 2.75) is 45.8 Å². The van der Waals surface area contributed by atoms with E-state index in [0.29, 0.717) is 16.5 Å². The molecule has 31 heavy (non-hydrogen) atoms. The number of rotatable bonds is 4. The molecule has 0 atom stereocenters. The summed E-state index contributed by atoms with van der Waals surface area (Å²) in [5.74, 6) is -1.49. The van der Waals surface area contributed by atoms with Crippen LogP contribution < -0.4 is 5.32 Å². The quantitative estimate of drug-likeness (QED) is 0.463. The fourth-order valence-corrected chi connectivity index (χ4v) is 3.71. The average molecular weight is 421 g/mol. The number of hydrogen-bond donors (Lipinski definition) is 1. The molecule has 0 spiro atoms. The van der Waals surface area contributed by atoms with E-state index in [0.717, 1.165) is 16.4 Å². The molecule has 0 saturated carbocycles. The molecule has 0 radical (unpaired) electrons. The molecule has 2 aliphatic rings. The first-order valence-electron chi connectivity index (χ1n) is 10.1. The number of hydrogen-bond acceptors (Lipinski definition) is 6. The second-order valence-corrected chi connectivity index (χ2v) is 8.82. The minimum Gasteiger partial charge on any atom is -0.400 e. The predicted octanol–water partition coefficient (Wildman–Crippen LogP) is 3.30. The van der Waals surface area contributed by atoms with Crippen molar-refractivity contribution >= 4 is 41.8 Å². The smallest absolute Gasteiger partial charge is 0.400 e. The first-order valence-corrected chi connectivity index (χ1v) is 10.1. The van der Waals surface area contributed by atoms with Gasteiger partial charge >= 0.3 is 19.1 Å². The van der Waals surface area contributed by atoms with E-state index >= 15 is 0 Å². The highest BCUT2D eigenvalue weighted by Gasteiger charge is 2.52. The van der Waals surface area contributed by atoms with Gasteiger partial charge in [0.1, 0.15) is 0 Å². The number of carbonyl (C=O) groups is 3. The van der Waals surface area contributed by atoms with Crippen LogP contribution in [0.2, 0.25) is 0 Å². The Morgan fingerprint density at radius 1 is 1.00 bits per heavy atom. The third kappa shape index (κ3) is 3.66. The number of cyclic esters (lactones) is 2. The molecule has 1 N–H and O–H groups in total. The van der Waals surface area contributed by atoms with Crippen LogP contribution in [0.4, 0.5) is 0 Å². The van der Waals surface area contributed by atoms with Gasteiger partial charge in [0.25, 0.3) is 0 Å². The maximum absolute atomic E-state index is 12.2. The monoisotopic (exact) mass is 421 g/mol. The minimum atomic E-state index is -0.659. The Kier molecular flexibility index (Phi) is 5.02. The Bertz CT molecular complexity index is 1110. The van der Waals surface area contributed by atoms with Gasteiger partial charge in [-0.3, -0.25) is 4.79 Å². The third-order valence-corrected chi connectivity index (χ3v) is 6.14. The largest absolute Gasteiger partial charge is 0.492 e. The fraction of sp³-hybridized carbons (Fsp3) is 0.348. The molecular weight excluding hydrogens is 397 g/mol. The summed E-state index contributed by atoms with van der Waals surface area (Å²) in [6, 6.07) is 8.67. The molecule has 2 aromatic carbocycles. The lowest BCUT2D eigenvalue weighted by Gasteiger charge is -2.32. The van der Waals surface area contributed by atoms with Crippen LogP contribution in [0.25, 0.3) is 16.8 Å². The number of carbonyl (C=O) groups excluding carboxylic acids is 3. The van der Waals surface area contributed by atoms with Gasteiger partial charge in [0.2, 0.25) is 5.91 Å². The van der Waals surface area contributed by atoms with Crippen molar-refractivity contribution in [3.05, 3.63) is 52.5 Å². The van der Waals surface area contributed by atoms with Gasteiger partial charge in [0.15, 0.2) is 0 Å². The first kappa shape index (κ1) is 21.3. The number of ether oxygens (including phenoxy) is 1. The number of esters is 2. The topological polar surface area (TPSA) is 90.9 Å². The van der Waals surface area contributed by atoms with E-state index in [1.807, 2.05) is 39.8 Å². The maximum Gasteiger partial charge on any atom is 0.492 e. The van der Waals surface area contributed by atoms with Gasteiger partial charge in [-0.05, 0) is 56.2 Å². The Morgan fingerprint density at radius 3 is 2.23 bits per heavy atom. The highest BCUT2D eigenvalue weighted by atomic mass is 16.7. The summed E-state index contributed by atoms with van der Waals surface area (Å²) >= 11 is 0. The van der Waals surface area contributed by atoms with Gasteiger partial charge in [0.05, 0.1) is 22.3 Å². The van der Waals surface area contributed by atoms with Gasteiger partial charge in [-0.2, -0.15) is 0 Å². The summed E-state index contributed by atoms with van der Waals surface area (Å²) in [5.41, 5.74) is 1.12. The maximum atomic E-state index is 12.2. The van der Waals surface area contributed by atoms with Crippen molar-refractivity contribution in [3.8, 4) is 0 Å². The Morgan fingerprint density at radius 2 is 1.61 bits per heavy atom. The third-order valence-electron chi connectivity index (χ3n) is 6.14. The van der Waals surface area contributed by atoms with Crippen LogP contribution in [0.5, 0.6) is 0 Å². The Hall–Kier alpha value is -2.97. The van der Waals surface area contributed by atoms with E-state index in [9.17, 15) is 14.4 Å². The SMILES string of the molecule is CC(=O)NCC(=Cc1ccc2c3c(cccc13)C(=O)OC2=O)B1OC(C)(C)C(C)(C)O1. The lowest BCUT2D eigenvalue weighted by Crippen LogP contribution is -2.41. The zero-order valence-electron chi connectivity index (χ0n) is 18.2. The van der Waals surface area contributed by atoms with E-state index in [1.165, 1.54) is 6.92 Å². The van der Waals surface area contributed by atoms with Crippen molar-refractivity contribution in [2.75, 3.05) is 6.54 Å². The van der Waals surface area contributed by atoms with Crippen LogP contribution >= 0.6 is 0 Å². The van der Waals surface area contributed by atoms with Crippen molar-refractivity contribution in [2.24, 2.45) is 0 Å². The van der Waals surface area contributed by atoms with Crippen molar-refractivity contribution in [3.63, 3.8) is 0 Å². The summed E-state index contributed by atoms with van der Waals surface area (Å²) in [5, 5.41) is 4.10. The summed E-state index contributed by atoms with van der Waals surface area (Å²) in [6.07, 6.45) is 1.88. The molecule has 0 aromatic heterocycles. The van der Waals surface area contributed by atoms with Crippen LogP contribution in [-0.2, 0) is 18.8 Å². The van der Waals surface area contributed by atoms with E-state index in [1.54, 1.807) is 24.3 Å². The van der Waals surface area contributed by atoms with Crippen molar-refractivity contribution in [1.29, 1.82) is 0 Å². The molecule has 0 unspecified atom stereocenters. The highest BCUT2D eigenvalue weighted by molar-refractivity contribution is 6.56. The van der Waals surface area contributed by atoms with Gasteiger partial charge < -0.3 is 19.4 Å².